The lowest BCUT2D eigenvalue weighted by molar-refractivity contribution is -0.122. The predicted octanol–water partition coefficient (Wildman–Crippen LogP) is 1.03. The molecule has 0 fully saturated rings. The third-order valence-corrected chi connectivity index (χ3v) is 2.67. The van der Waals surface area contributed by atoms with Gasteiger partial charge in [0.1, 0.15) is 0 Å². The largest absolute Gasteiger partial charge is 0.391 e. The van der Waals surface area contributed by atoms with E-state index in [4.69, 9.17) is 5.73 Å². The van der Waals surface area contributed by atoms with Crippen LogP contribution in [0.3, 0.4) is 0 Å². The molecule has 0 aliphatic heterocycles. The van der Waals surface area contributed by atoms with Crippen LogP contribution in [0, 0.1) is 5.41 Å². The number of rotatable bonds is 6. The number of hydrogen-bond acceptors (Lipinski definition) is 3. The van der Waals surface area contributed by atoms with Crippen molar-refractivity contribution in [2.45, 2.75) is 59.1 Å². The standard InChI is InChI=1S/C12H26N2O2/c1-5-6-9(15)8-14-11(16)7-10(13)12(2,3)4/h9-10,15H,5-8,13H2,1-4H3,(H,14,16). The lowest BCUT2D eigenvalue weighted by Crippen LogP contribution is -2.41. The highest BCUT2D eigenvalue weighted by Crippen LogP contribution is 2.19. The first-order valence-electron chi connectivity index (χ1n) is 5.97. The van der Waals surface area contributed by atoms with E-state index in [0.29, 0.717) is 19.4 Å². The minimum Gasteiger partial charge on any atom is -0.391 e. The Morgan fingerprint density at radius 2 is 2.00 bits per heavy atom. The van der Waals surface area contributed by atoms with E-state index < -0.39 is 6.10 Å². The number of aliphatic hydroxyl groups is 1. The van der Waals surface area contributed by atoms with Crippen LogP contribution >= 0.6 is 0 Å². The minimum atomic E-state index is -0.445. The van der Waals surface area contributed by atoms with E-state index in [0.717, 1.165) is 6.42 Å². The maximum Gasteiger partial charge on any atom is 0.221 e. The Balaban J connectivity index is 3.83. The van der Waals surface area contributed by atoms with Crippen molar-refractivity contribution < 1.29 is 9.90 Å². The minimum absolute atomic E-state index is 0.0701. The molecule has 0 saturated carbocycles. The van der Waals surface area contributed by atoms with Gasteiger partial charge in [0.15, 0.2) is 0 Å². The molecule has 0 radical (unpaired) electrons. The van der Waals surface area contributed by atoms with Crippen molar-refractivity contribution in [2.24, 2.45) is 11.1 Å². The fourth-order valence-electron chi connectivity index (χ4n) is 1.25. The van der Waals surface area contributed by atoms with E-state index in [1.54, 1.807) is 0 Å². The summed E-state index contributed by atoms with van der Waals surface area (Å²) in [6.45, 7) is 8.36. The van der Waals surface area contributed by atoms with Gasteiger partial charge in [-0.3, -0.25) is 4.79 Å². The summed E-state index contributed by atoms with van der Waals surface area (Å²) in [6.07, 6.45) is 1.49. The highest BCUT2D eigenvalue weighted by Gasteiger charge is 2.23. The zero-order chi connectivity index (χ0) is 12.8. The maximum absolute atomic E-state index is 11.5. The summed E-state index contributed by atoms with van der Waals surface area (Å²) in [5, 5.41) is 12.1. The van der Waals surface area contributed by atoms with Crippen molar-refractivity contribution in [3.8, 4) is 0 Å². The first kappa shape index (κ1) is 15.4. The number of carbonyl (C=O) groups is 1. The van der Waals surface area contributed by atoms with Crippen molar-refractivity contribution in [2.75, 3.05) is 6.54 Å². The molecular formula is C12H26N2O2. The molecule has 4 heteroatoms. The van der Waals surface area contributed by atoms with Gasteiger partial charge in [0.2, 0.25) is 5.91 Å². The molecule has 0 aromatic carbocycles. The molecule has 0 heterocycles. The average molecular weight is 230 g/mol. The monoisotopic (exact) mass is 230 g/mol. The topological polar surface area (TPSA) is 75.3 Å². The predicted molar refractivity (Wildman–Crippen MR) is 66.0 cm³/mol. The number of nitrogens with one attached hydrogen (secondary N) is 1. The fraction of sp³-hybridized carbons (Fsp3) is 0.917. The van der Waals surface area contributed by atoms with Gasteiger partial charge in [-0.1, -0.05) is 34.1 Å². The van der Waals surface area contributed by atoms with E-state index in [2.05, 4.69) is 5.32 Å². The van der Waals surface area contributed by atoms with Crippen LogP contribution < -0.4 is 11.1 Å². The summed E-state index contributed by atoms with van der Waals surface area (Å²) in [7, 11) is 0. The van der Waals surface area contributed by atoms with Gasteiger partial charge in [0.25, 0.3) is 0 Å². The van der Waals surface area contributed by atoms with Gasteiger partial charge in [-0.15, -0.1) is 0 Å². The van der Waals surface area contributed by atoms with Crippen molar-refractivity contribution in [3.05, 3.63) is 0 Å². The van der Waals surface area contributed by atoms with Gasteiger partial charge < -0.3 is 16.2 Å². The molecule has 96 valence electrons. The van der Waals surface area contributed by atoms with Crippen LogP contribution in [0.5, 0.6) is 0 Å². The second kappa shape index (κ2) is 6.86. The van der Waals surface area contributed by atoms with Gasteiger partial charge in [-0.25, -0.2) is 0 Å². The fourth-order valence-corrected chi connectivity index (χ4v) is 1.25. The van der Waals surface area contributed by atoms with Crippen molar-refractivity contribution in [1.82, 2.24) is 5.32 Å². The van der Waals surface area contributed by atoms with Gasteiger partial charge in [0.05, 0.1) is 6.10 Å². The summed E-state index contributed by atoms with van der Waals surface area (Å²) < 4.78 is 0. The third-order valence-electron chi connectivity index (χ3n) is 2.67. The Kier molecular flexibility index (Phi) is 6.60. The maximum atomic E-state index is 11.5. The van der Waals surface area contributed by atoms with Gasteiger partial charge in [-0.05, 0) is 11.8 Å². The van der Waals surface area contributed by atoms with Gasteiger partial charge in [0, 0.05) is 19.0 Å². The number of aliphatic hydroxyl groups excluding tert-OH is 1. The lowest BCUT2D eigenvalue weighted by Gasteiger charge is -2.26. The highest BCUT2D eigenvalue weighted by atomic mass is 16.3. The number of amides is 1. The van der Waals surface area contributed by atoms with Crippen LogP contribution in [0.2, 0.25) is 0 Å². The first-order valence-corrected chi connectivity index (χ1v) is 5.97. The van der Waals surface area contributed by atoms with Crippen molar-refractivity contribution in [3.63, 3.8) is 0 Å². The Bertz CT molecular complexity index is 212. The molecule has 0 aliphatic rings. The Labute approximate surface area is 98.6 Å². The quantitative estimate of drug-likeness (QED) is 0.638. The van der Waals surface area contributed by atoms with E-state index in [1.165, 1.54) is 0 Å². The van der Waals surface area contributed by atoms with Gasteiger partial charge in [-0.2, -0.15) is 0 Å². The molecule has 0 spiro atoms. The molecule has 16 heavy (non-hydrogen) atoms. The molecule has 0 aromatic rings. The molecule has 0 rings (SSSR count). The number of nitrogens with two attached hydrogens (primary N) is 1. The average Bonchev–Trinajstić information content (AvgIpc) is 2.13. The summed E-state index contributed by atoms with van der Waals surface area (Å²) in [5.41, 5.74) is 5.82. The molecule has 2 atom stereocenters. The number of hydrogen-bond donors (Lipinski definition) is 3. The molecule has 2 unspecified atom stereocenters. The van der Waals surface area contributed by atoms with Gasteiger partial charge >= 0.3 is 0 Å². The van der Waals surface area contributed by atoms with Crippen LogP contribution in [0.15, 0.2) is 0 Å². The Morgan fingerprint density at radius 1 is 1.44 bits per heavy atom. The Hall–Kier alpha value is -0.610. The second-order valence-corrected chi connectivity index (χ2v) is 5.42. The zero-order valence-corrected chi connectivity index (χ0v) is 10.9. The van der Waals surface area contributed by atoms with Crippen LogP contribution in [0.25, 0.3) is 0 Å². The van der Waals surface area contributed by atoms with E-state index in [-0.39, 0.29) is 17.4 Å². The molecule has 4 nitrogen and oxygen atoms in total. The molecule has 0 saturated heterocycles. The molecule has 0 aliphatic carbocycles. The molecule has 0 bridgehead atoms. The summed E-state index contributed by atoms with van der Waals surface area (Å²) in [4.78, 5) is 11.5. The summed E-state index contributed by atoms with van der Waals surface area (Å²) in [5.74, 6) is -0.0856. The van der Waals surface area contributed by atoms with E-state index >= 15 is 0 Å². The second-order valence-electron chi connectivity index (χ2n) is 5.42. The summed E-state index contributed by atoms with van der Waals surface area (Å²) >= 11 is 0. The smallest absolute Gasteiger partial charge is 0.221 e. The van der Waals surface area contributed by atoms with Crippen LogP contribution in [-0.4, -0.2) is 29.7 Å². The SMILES string of the molecule is CCCC(O)CNC(=O)CC(N)C(C)(C)C. The third kappa shape index (κ3) is 6.80. The highest BCUT2D eigenvalue weighted by molar-refractivity contribution is 5.76. The lowest BCUT2D eigenvalue weighted by atomic mass is 9.85. The first-order chi connectivity index (χ1) is 7.27. The molecule has 1 amide bonds. The van der Waals surface area contributed by atoms with E-state index in [1.807, 2.05) is 27.7 Å². The molecule has 4 N–H and O–H groups in total. The van der Waals surface area contributed by atoms with Crippen LogP contribution in [0.4, 0.5) is 0 Å². The van der Waals surface area contributed by atoms with E-state index in [9.17, 15) is 9.90 Å². The normalized spacial score (nSPS) is 15.6. The molecule has 0 aromatic heterocycles. The zero-order valence-electron chi connectivity index (χ0n) is 10.9. The van der Waals surface area contributed by atoms with Crippen LogP contribution in [-0.2, 0) is 4.79 Å². The summed E-state index contributed by atoms with van der Waals surface area (Å²) in [6, 6.07) is -0.157. The Morgan fingerprint density at radius 3 is 2.44 bits per heavy atom. The van der Waals surface area contributed by atoms with Crippen molar-refractivity contribution in [1.29, 1.82) is 0 Å². The molecular weight excluding hydrogens is 204 g/mol. The number of carbonyl (C=O) groups excluding carboxylic acids is 1. The van der Waals surface area contributed by atoms with Crippen LogP contribution in [0.1, 0.15) is 47.0 Å². The van der Waals surface area contributed by atoms with Crippen molar-refractivity contribution >= 4 is 5.91 Å².